The van der Waals surface area contributed by atoms with E-state index in [-0.39, 0.29) is 5.91 Å². The maximum Gasteiger partial charge on any atom is 0.251 e. The smallest absolute Gasteiger partial charge is 0.251 e. The summed E-state index contributed by atoms with van der Waals surface area (Å²) >= 11 is 0. The number of benzene rings is 2. The predicted molar refractivity (Wildman–Crippen MR) is 87.9 cm³/mol. The van der Waals surface area contributed by atoms with Gasteiger partial charge in [-0.15, -0.1) is 0 Å². The van der Waals surface area contributed by atoms with Crippen molar-refractivity contribution in [3.63, 3.8) is 0 Å². The molecule has 1 amide bonds. The van der Waals surface area contributed by atoms with Gasteiger partial charge in [0, 0.05) is 33.3 Å². The SMILES string of the molecule is CNC(=O)c1ccc(CNc2ccccc2N(C)C)cc1. The fourth-order valence-corrected chi connectivity index (χ4v) is 2.13. The Hall–Kier alpha value is -2.49. The second kappa shape index (κ2) is 6.79. The zero-order valence-corrected chi connectivity index (χ0v) is 12.7. The first kappa shape index (κ1) is 14.9. The van der Waals surface area contributed by atoms with Gasteiger partial charge in [0.2, 0.25) is 0 Å². The van der Waals surface area contributed by atoms with E-state index in [2.05, 4.69) is 27.7 Å². The summed E-state index contributed by atoms with van der Waals surface area (Å²) in [6, 6.07) is 15.8. The average Bonchev–Trinajstić information content (AvgIpc) is 2.52. The largest absolute Gasteiger partial charge is 0.379 e. The van der Waals surface area contributed by atoms with Gasteiger partial charge in [0.05, 0.1) is 11.4 Å². The molecule has 0 fully saturated rings. The molecule has 2 N–H and O–H groups in total. The fraction of sp³-hybridized carbons (Fsp3) is 0.235. The molecular weight excluding hydrogens is 262 g/mol. The van der Waals surface area contributed by atoms with Crippen molar-refractivity contribution in [2.24, 2.45) is 0 Å². The molecule has 110 valence electrons. The number of amides is 1. The Kier molecular flexibility index (Phi) is 4.82. The van der Waals surface area contributed by atoms with E-state index in [0.717, 1.165) is 23.5 Å². The Morgan fingerprint density at radius 3 is 2.33 bits per heavy atom. The van der Waals surface area contributed by atoms with Crippen LogP contribution in [-0.4, -0.2) is 27.1 Å². The van der Waals surface area contributed by atoms with E-state index < -0.39 is 0 Å². The van der Waals surface area contributed by atoms with Crippen LogP contribution in [0.1, 0.15) is 15.9 Å². The van der Waals surface area contributed by atoms with E-state index in [0.29, 0.717) is 5.56 Å². The van der Waals surface area contributed by atoms with Gasteiger partial charge in [0.1, 0.15) is 0 Å². The van der Waals surface area contributed by atoms with Crippen molar-refractivity contribution in [2.75, 3.05) is 31.4 Å². The number of rotatable bonds is 5. The van der Waals surface area contributed by atoms with Gasteiger partial charge in [-0.05, 0) is 29.8 Å². The zero-order chi connectivity index (χ0) is 15.2. The molecule has 0 aliphatic carbocycles. The van der Waals surface area contributed by atoms with Gasteiger partial charge < -0.3 is 15.5 Å². The highest BCUT2D eigenvalue weighted by Crippen LogP contribution is 2.23. The van der Waals surface area contributed by atoms with Crippen LogP contribution in [0.15, 0.2) is 48.5 Å². The van der Waals surface area contributed by atoms with Crippen LogP contribution in [0.2, 0.25) is 0 Å². The number of carbonyl (C=O) groups is 1. The molecule has 0 radical (unpaired) electrons. The van der Waals surface area contributed by atoms with Gasteiger partial charge in [-0.25, -0.2) is 0 Å². The molecule has 0 aliphatic heterocycles. The van der Waals surface area contributed by atoms with Crippen LogP contribution < -0.4 is 15.5 Å². The standard InChI is InChI=1S/C17H21N3O/c1-18-17(21)14-10-8-13(9-11-14)12-19-15-6-4-5-7-16(15)20(2)3/h4-11,19H,12H2,1-3H3,(H,18,21). The Morgan fingerprint density at radius 1 is 1.05 bits per heavy atom. The van der Waals surface area contributed by atoms with Crippen molar-refractivity contribution in [1.82, 2.24) is 5.32 Å². The molecule has 4 nitrogen and oxygen atoms in total. The third-order valence-corrected chi connectivity index (χ3v) is 3.31. The lowest BCUT2D eigenvalue weighted by atomic mass is 10.1. The topological polar surface area (TPSA) is 44.4 Å². The monoisotopic (exact) mass is 283 g/mol. The average molecular weight is 283 g/mol. The Balaban J connectivity index is 2.05. The van der Waals surface area contributed by atoms with Crippen LogP contribution in [0.25, 0.3) is 0 Å². The van der Waals surface area contributed by atoms with Crippen LogP contribution in [0.3, 0.4) is 0 Å². The van der Waals surface area contributed by atoms with Crippen LogP contribution >= 0.6 is 0 Å². The van der Waals surface area contributed by atoms with Crippen LogP contribution in [-0.2, 0) is 6.54 Å². The number of nitrogens with one attached hydrogen (secondary N) is 2. The molecule has 2 rings (SSSR count). The highest BCUT2D eigenvalue weighted by Gasteiger charge is 2.04. The van der Waals surface area contributed by atoms with E-state index >= 15 is 0 Å². The van der Waals surface area contributed by atoms with Gasteiger partial charge in [-0.1, -0.05) is 24.3 Å². The molecule has 0 heterocycles. The lowest BCUT2D eigenvalue weighted by molar-refractivity contribution is 0.0963. The third-order valence-electron chi connectivity index (χ3n) is 3.31. The quantitative estimate of drug-likeness (QED) is 0.887. The van der Waals surface area contributed by atoms with E-state index in [1.807, 2.05) is 50.5 Å². The van der Waals surface area contributed by atoms with Crippen LogP contribution in [0.4, 0.5) is 11.4 Å². The van der Waals surface area contributed by atoms with E-state index in [9.17, 15) is 4.79 Å². The Labute approximate surface area is 125 Å². The van der Waals surface area contributed by atoms with E-state index in [1.54, 1.807) is 7.05 Å². The number of carbonyl (C=O) groups excluding carboxylic acids is 1. The summed E-state index contributed by atoms with van der Waals surface area (Å²) in [5.41, 5.74) is 4.06. The highest BCUT2D eigenvalue weighted by atomic mass is 16.1. The number of hydrogen-bond donors (Lipinski definition) is 2. The van der Waals surface area contributed by atoms with Crippen molar-refractivity contribution >= 4 is 17.3 Å². The van der Waals surface area contributed by atoms with Gasteiger partial charge in [-0.3, -0.25) is 4.79 Å². The van der Waals surface area contributed by atoms with Crippen molar-refractivity contribution < 1.29 is 4.79 Å². The summed E-state index contributed by atoms with van der Waals surface area (Å²) in [7, 11) is 5.69. The van der Waals surface area contributed by atoms with E-state index in [1.165, 1.54) is 0 Å². The minimum Gasteiger partial charge on any atom is -0.379 e. The maximum atomic E-state index is 11.5. The maximum absolute atomic E-state index is 11.5. The lowest BCUT2D eigenvalue weighted by Gasteiger charge is -2.18. The molecule has 0 saturated carbocycles. The van der Waals surface area contributed by atoms with Gasteiger partial charge >= 0.3 is 0 Å². The minimum absolute atomic E-state index is 0.0625. The molecule has 4 heteroatoms. The normalized spacial score (nSPS) is 10.0. The van der Waals surface area contributed by atoms with Crippen molar-refractivity contribution in [1.29, 1.82) is 0 Å². The van der Waals surface area contributed by atoms with Gasteiger partial charge in [0.15, 0.2) is 0 Å². The summed E-state index contributed by atoms with van der Waals surface area (Å²) in [5.74, 6) is -0.0625. The van der Waals surface area contributed by atoms with Crippen LogP contribution in [0.5, 0.6) is 0 Å². The molecule has 21 heavy (non-hydrogen) atoms. The number of anilines is 2. The van der Waals surface area contributed by atoms with Gasteiger partial charge in [0.25, 0.3) is 5.91 Å². The molecule has 0 bridgehead atoms. The Bertz CT molecular complexity index is 606. The number of nitrogens with zero attached hydrogens (tertiary/aromatic N) is 1. The van der Waals surface area contributed by atoms with Crippen LogP contribution in [0, 0.1) is 0 Å². The first-order valence-corrected chi connectivity index (χ1v) is 6.93. The molecule has 0 aliphatic rings. The summed E-state index contributed by atoms with van der Waals surface area (Å²) in [6.45, 7) is 0.721. The molecule has 0 atom stereocenters. The molecular formula is C17H21N3O. The third kappa shape index (κ3) is 3.75. The van der Waals surface area contributed by atoms with Crippen molar-refractivity contribution in [2.45, 2.75) is 6.54 Å². The summed E-state index contributed by atoms with van der Waals surface area (Å²) in [4.78, 5) is 13.6. The number of para-hydroxylation sites is 2. The van der Waals surface area contributed by atoms with Crippen molar-refractivity contribution in [3.05, 3.63) is 59.7 Å². The second-order valence-electron chi connectivity index (χ2n) is 5.04. The second-order valence-corrected chi connectivity index (χ2v) is 5.04. The molecule has 0 spiro atoms. The van der Waals surface area contributed by atoms with Gasteiger partial charge in [-0.2, -0.15) is 0 Å². The summed E-state index contributed by atoms with van der Waals surface area (Å²) < 4.78 is 0. The Morgan fingerprint density at radius 2 is 1.71 bits per heavy atom. The first-order chi connectivity index (χ1) is 10.1. The molecule has 0 unspecified atom stereocenters. The molecule has 2 aromatic rings. The molecule has 2 aromatic carbocycles. The summed E-state index contributed by atoms with van der Waals surface area (Å²) in [6.07, 6.45) is 0. The predicted octanol–water partition coefficient (Wildman–Crippen LogP) is 2.72. The van der Waals surface area contributed by atoms with Crippen molar-refractivity contribution in [3.8, 4) is 0 Å². The first-order valence-electron chi connectivity index (χ1n) is 6.93. The minimum atomic E-state index is -0.0625. The molecule has 0 aromatic heterocycles. The zero-order valence-electron chi connectivity index (χ0n) is 12.7. The summed E-state index contributed by atoms with van der Waals surface area (Å²) in [5, 5.41) is 6.05. The van der Waals surface area contributed by atoms with E-state index in [4.69, 9.17) is 0 Å². The lowest BCUT2D eigenvalue weighted by Crippen LogP contribution is -2.17. The number of hydrogen-bond acceptors (Lipinski definition) is 3. The molecule has 0 saturated heterocycles. The fourth-order valence-electron chi connectivity index (χ4n) is 2.13. The highest BCUT2D eigenvalue weighted by molar-refractivity contribution is 5.93.